The second-order valence-electron chi connectivity index (χ2n) is 7.29. The van der Waals surface area contributed by atoms with Crippen LogP contribution in [0.4, 0.5) is 0 Å². The number of nitrogens with one attached hydrogen (secondary N) is 2. The molecule has 2 aliphatic rings. The third kappa shape index (κ3) is 4.02. The Bertz CT molecular complexity index is 1100. The molecule has 2 N–H and O–H groups in total. The van der Waals surface area contributed by atoms with Gasteiger partial charge in [-0.25, -0.2) is 0 Å². The quantitative estimate of drug-likeness (QED) is 0.622. The Labute approximate surface area is 184 Å². The minimum absolute atomic E-state index is 0.194. The molecule has 0 aliphatic carbocycles. The maximum atomic E-state index is 12.8. The van der Waals surface area contributed by atoms with Gasteiger partial charge in [-0.15, -0.1) is 0 Å². The molecule has 2 heterocycles. The summed E-state index contributed by atoms with van der Waals surface area (Å²) in [5, 5.41) is 5.72. The van der Waals surface area contributed by atoms with Crippen LogP contribution in [0, 0.1) is 0 Å². The molecule has 0 atom stereocenters. The number of fused-ring (bicyclic) bond motifs is 2. The van der Waals surface area contributed by atoms with Crippen LogP contribution in [-0.4, -0.2) is 25.4 Å². The van der Waals surface area contributed by atoms with E-state index >= 15 is 0 Å². The van der Waals surface area contributed by atoms with Crippen molar-refractivity contribution < 1.29 is 28.5 Å². The average Bonchev–Trinajstić information content (AvgIpc) is 3.49. The van der Waals surface area contributed by atoms with E-state index in [0.717, 1.165) is 11.1 Å². The number of hydrogen-bond donors (Lipinski definition) is 2. The van der Waals surface area contributed by atoms with Crippen LogP contribution in [0.1, 0.15) is 31.8 Å². The number of rotatable bonds is 6. The molecule has 32 heavy (non-hydrogen) atoms. The predicted molar refractivity (Wildman–Crippen MR) is 114 cm³/mol. The number of ether oxygens (including phenoxy) is 4. The fourth-order valence-corrected chi connectivity index (χ4v) is 3.54. The second kappa shape index (κ2) is 8.50. The predicted octanol–water partition coefficient (Wildman–Crippen LogP) is 3.00. The van der Waals surface area contributed by atoms with E-state index < -0.39 is 0 Å². The van der Waals surface area contributed by atoms with Crippen molar-refractivity contribution >= 4 is 11.8 Å². The van der Waals surface area contributed by atoms with Crippen molar-refractivity contribution in [1.29, 1.82) is 0 Å². The maximum Gasteiger partial charge on any atom is 0.252 e. The van der Waals surface area contributed by atoms with Gasteiger partial charge in [-0.05, 0) is 47.5 Å². The van der Waals surface area contributed by atoms with Crippen LogP contribution in [0.25, 0.3) is 0 Å². The molecule has 0 fully saturated rings. The molecule has 0 bridgehead atoms. The van der Waals surface area contributed by atoms with E-state index in [1.54, 1.807) is 36.4 Å². The molecule has 162 valence electrons. The van der Waals surface area contributed by atoms with Gasteiger partial charge in [0, 0.05) is 13.1 Å². The van der Waals surface area contributed by atoms with Crippen molar-refractivity contribution in [2.75, 3.05) is 13.6 Å². The number of hydrogen-bond acceptors (Lipinski definition) is 6. The number of carbonyl (C=O) groups is 2. The lowest BCUT2D eigenvalue weighted by atomic mass is 10.1. The molecule has 0 spiro atoms. The Hall–Kier alpha value is -4.20. The topological polar surface area (TPSA) is 95.1 Å². The first kappa shape index (κ1) is 19.7. The van der Waals surface area contributed by atoms with Gasteiger partial charge in [0.15, 0.2) is 23.0 Å². The Morgan fingerprint density at radius 1 is 0.625 bits per heavy atom. The van der Waals surface area contributed by atoms with E-state index in [2.05, 4.69) is 10.6 Å². The van der Waals surface area contributed by atoms with Gasteiger partial charge in [0.1, 0.15) is 0 Å². The normalized spacial score (nSPS) is 13.0. The van der Waals surface area contributed by atoms with Gasteiger partial charge in [0.05, 0.1) is 11.1 Å². The lowest BCUT2D eigenvalue weighted by Crippen LogP contribution is -2.29. The van der Waals surface area contributed by atoms with E-state index in [9.17, 15) is 9.59 Å². The maximum absolute atomic E-state index is 12.8. The Morgan fingerprint density at radius 3 is 1.53 bits per heavy atom. The van der Waals surface area contributed by atoms with Gasteiger partial charge in [0.2, 0.25) is 13.6 Å². The lowest BCUT2D eigenvalue weighted by molar-refractivity contribution is 0.0916. The van der Waals surface area contributed by atoms with Gasteiger partial charge in [0.25, 0.3) is 11.8 Å². The highest BCUT2D eigenvalue weighted by Crippen LogP contribution is 2.33. The smallest absolute Gasteiger partial charge is 0.252 e. The molecule has 0 saturated heterocycles. The zero-order chi connectivity index (χ0) is 21.9. The first-order valence-electron chi connectivity index (χ1n) is 10.1. The van der Waals surface area contributed by atoms with E-state index in [-0.39, 0.29) is 25.4 Å². The Balaban J connectivity index is 1.23. The monoisotopic (exact) mass is 432 g/mol. The van der Waals surface area contributed by atoms with E-state index in [4.69, 9.17) is 18.9 Å². The Kier molecular flexibility index (Phi) is 5.25. The van der Waals surface area contributed by atoms with Gasteiger partial charge in [-0.3, -0.25) is 9.59 Å². The highest BCUT2D eigenvalue weighted by Gasteiger charge is 2.18. The third-order valence-corrected chi connectivity index (χ3v) is 5.20. The van der Waals surface area contributed by atoms with Crippen LogP contribution in [0.3, 0.4) is 0 Å². The molecular weight excluding hydrogens is 412 g/mol. The minimum atomic E-state index is -0.337. The number of amides is 2. The fraction of sp³-hybridized carbons (Fsp3) is 0.167. The van der Waals surface area contributed by atoms with E-state index in [1.807, 2.05) is 24.3 Å². The number of carbonyl (C=O) groups excluding carboxylic acids is 2. The minimum Gasteiger partial charge on any atom is -0.454 e. The molecule has 5 rings (SSSR count). The van der Waals surface area contributed by atoms with Crippen molar-refractivity contribution in [2.24, 2.45) is 0 Å². The lowest BCUT2D eigenvalue weighted by Gasteiger charge is -2.11. The zero-order valence-electron chi connectivity index (χ0n) is 17.1. The molecule has 3 aromatic carbocycles. The molecule has 3 aromatic rings. The molecule has 2 aliphatic heterocycles. The number of benzene rings is 3. The molecule has 8 nitrogen and oxygen atoms in total. The third-order valence-electron chi connectivity index (χ3n) is 5.20. The van der Waals surface area contributed by atoms with Crippen molar-refractivity contribution in [2.45, 2.75) is 13.1 Å². The van der Waals surface area contributed by atoms with Crippen LogP contribution in [-0.2, 0) is 13.1 Å². The molecule has 2 amide bonds. The summed E-state index contributed by atoms with van der Waals surface area (Å²) in [5.74, 6) is 2.00. The highest BCUT2D eigenvalue weighted by molar-refractivity contribution is 6.07. The molecular formula is C24H20N2O6. The summed E-state index contributed by atoms with van der Waals surface area (Å²) < 4.78 is 21.3. The summed E-state index contributed by atoms with van der Waals surface area (Å²) >= 11 is 0. The molecule has 0 saturated carbocycles. The summed E-state index contributed by atoms with van der Waals surface area (Å²) in [7, 11) is 0. The summed E-state index contributed by atoms with van der Waals surface area (Å²) in [6.45, 7) is 0.977. The van der Waals surface area contributed by atoms with Gasteiger partial charge < -0.3 is 29.6 Å². The standard InChI is InChI=1S/C24H20N2O6/c27-23(25-11-15-5-7-19-21(9-15)31-13-29-19)17-3-1-2-4-18(17)24(28)26-12-16-6-8-20-22(10-16)32-14-30-20/h1-10H,11-14H2,(H,25,27)(H,26,28). The zero-order valence-corrected chi connectivity index (χ0v) is 17.1. The average molecular weight is 432 g/mol. The summed E-state index contributed by atoms with van der Waals surface area (Å²) in [4.78, 5) is 25.6. The van der Waals surface area contributed by atoms with E-state index in [0.29, 0.717) is 47.2 Å². The van der Waals surface area contributed by atoms with Crippen molar-refractivity contribution in [3.05, 3.63) is 82.9 Å². The fourth-order valence-electron chi connectivity index (χ4n) is 3.54. The summed E-state index contributed by atoms with van der Waals surface area (Å²) in [5.41, 5.74) is 2.34. The summed E-state index contributed by atoms with van der Waals surface area (Å²) in [6.07, 6.45) is 0. The van der Waals surface area contributed by atoms with Gasteiger partial charge >= 0.3 is 0 Å². The van der Waals surface area contributed by atoms with Crippen molar-refractivity contribution in [3.63, 3.8) is 0 Å². The van der Waals surface area contributed by atoms with E-state index in [1.165, 1.54) is 0 Å². The van der Waals surface area contributed by atoms with Gasteiger partial charge in [-0.2, -0.15) is 0 Å². The van der Waals surface area contributed by atoms with Crippen LogP contribution in [0.2, 0.25) is 0 Å². The largest absolute Gasteiger partial charge is 0.454 e. The molecule has 8 heteroatoms. The Morgan fingerprint density at radius 2 is 1.06 bits per heavy atom. The van der Waals surface area contributed by atoms with Crippen molar-refractivity contribution in [1.82, 2.24) is 10.6 Å². The molecule has 0 radical (unpaired) electrons. The van der Waals surface area contributed by atoms with Crippen LogP contribution in [0.5, 0.6) is 23.0 Å². The van der Waals surface area contributed by atoms with Gasteiger partial charge in [-0.1, -0.05) is 24.3 Å². The van der Waals surface area contributed by atoms with Crippen LogP contribution >= 0.6 is 0 Å². The van der Waals surface area contributed by atoms with Crippen LogP contribution in [0.15, 0.2) is 60.7 Å². The first-order valence-corrected chi connectivity index (χ1v) is 10.1. The molecule has 0 unspecified atom stereocenters. The van der Waals surface area contributed by atoms with Crippen LogP contribution < -0.4 is 29.6 Å². The van der Waals surface area contributed by atoms with Crippen molar-refractivity contribution in [3.8, 4) is 23.0 Å². The first-order chi connectivity index (χ1) is 15.7. The second-order valence-corrected chi connectivity index (χ2v) is 7.29. The SMILES string of the molecule is O=C(NCc1ccc2c(c1)OCO2)c1ccccc1C(=O)NCc1ccc2c(c1)OCO2. The highest BCUT2D eigenvalue weighted by atomic mass is 16.7. The summed E-state index contributed by atoms with van der Waals surface area (Å²) in [6, 6.07) is 17.7. The molecule has 0 aromatic heterocycles.